The van der Waals surface area contributed by atoms with Crippen molar-refractivity contribution in [2.24, 2.45) is 23.0 Å². The molecular formula is C12H25N. The highest BCUT2D eigenvalue weighted by molar-refractivity contribution is 4.86. The predicted molar refractivity (Wildman–Crippen MR) is 58.6 cm³/mol. The minimum absolute atomic E-state index is 0.279. The lowest BCUT2D eigenvalue weighted by Crippen LogP contribution is -2.43. The van der Waals surface area contributed by atoms with Gasteiger partial charge in [-0.3, -0.25) is 0 Å². The van der Waals surface area contributed by atoms with E-state index in [1.807, 2.05) is 0 Å². The summed E-state index contributed by atoms with van der Waals surface area (Å²) in [6.45, 7) is 9.15. The van der Waals surface area contributed by atoms with E-state index in [1.165, 1.54) is 25.7 Å². The third-order valence-corrected chi connectivity index (χ3v) is 3.48. The van der Waals surface area contributed by atoms with Gasteiger partial charge in [-0.1, -0.05) is 40.5 Å². The Bertz CT molecular complexity index is 157. The zero-order valence-corrected chi connectivity index (χ0v) is 9.64. The molecule has 1 heteroatoms. The lowest BCUT2D eigenvalue weighted by molar-refractivity contribution is 0.167. The van der Waals surface area contributed by atoms with Crippen molar-refractivity contribution in [2.75, 3.05) is 0 Å². The highest BCUT2D eigenvalue weighted by Crippen LogP contribution is 2.35. The number of hydrogen-bond acceptors (Lipinski definition) is 1. The first-order valence-corrected chi connectivity index (χ1v) is 5.67. The fourth-order valence-electron chi connectivity index (χ4n) is 2.51. The van der Waals surface area contributed by atoms with E-state index in [4.69, 9.17) is 5.73 Å². The summed E-state index contributed by atoms with van der Waals surface area (Å²) in [4.78, 5) is 0. The third-order valence-electron chi connectivity index (χ3n) is 3.48. The van der Waals surface area contributed by atoms with Crippen molar-refractivity contribution in [3.8, 4) is 0 Å². The van der Waals surface area contributed by atoms with Gasteiger partial charge in [-0.2, -0.15) is 0 Å². The molecule has 13 heavy (non-hydrogen) atoms. The molecule has 1 rings (SSSR count). The Labute approximate surface area is 83.1 Å². The minimum Gasteiger partial charge on any atom is -0.327 e. The van der Waals surface area contributed by atoms with E-state index >= 15 is 0 Å². The first kappa shape index (κ1) is 11.0. The predicted octanol–water partition coefficient (Wildman–Crippen LogP) is 3.19. The largest absolute Gasteiger partial charge is 0.327 e. The van der Waals surface area contributed by atoms with Crippen LogP contribution in [0.15, 0.2) is 0 Å². The van der Waals surface area contributed by atoms with Crippen LogP contribution in [0.25, 0.3) is 0 Å². The van der Waals surface area contributed by atoms with Gasteiger partial charge in [0.1, 0.15) is 0 Å². The molecule has 3 atom stereocenters. The molecule has 0 radical (unpaired) electrons. The van der Waals surface area contributed by atoms with Gasteiger partial charge in [0, 0.05) is 6.04 Å². The van der Waals surface area contributed by atoms with Crippen LogP contribution in [0.2, 0.25) is 0 Å². The summed E-state index contributed by atoms with van der Waals surface area (Å²) in [5, 5.41) is 0. The lowest BCUT2D eigenvalue weighted by Gasteiger charge is -2.38. The minimum atomic E-state index is 0.279. The molecule has 3 unspecified atom stereocenters. The van der Waals surface area contributed by atoms with Gasteiger partial charge in [0.15, 0.2) is 0 Å². The van der Waals surface area contributed by atoms with Crippen LogP contribution in [0.4, 0.5) is 0 Å². The van der Waals surface area contributed by atoms with Crippen LogP contribution in [0.3, 0.4) is 0 Å². The number of rotatable bonds is 1. The van der Waals surface area contributed by atoms with Gasteiger partial charge in [0.25, 0.3) is 0 Å². The highest BCUT2D eigenvalue weighted by Gasteiger charge is 2.31. The molecule has 1 aliphatic rings. The molecule has 0 heterocycles. The standard InChI is InChI=1S/C12H25N/c1-9-6-5-7-10(8-9)11(13)12(2,3)4/h9-11H,5-8,13H2,1-4H3. The maximum Gasteiger partial charge on any atom is 0.0116 e. The Hall–Kier alpha value is -0.0400. The molecule has 0 aromatic carbocycles. The topological polar surface area (TPSA) is 26.0 Å². The summed E-state index contributed by atoms with van der Waals surface area (Å²) in [6, 6.07) is 0.384. The molecule has 0 bridgehead atoms. The molecule has 1 nitrogen and oxygen atoms in total. The summed E-state index contributed by atoms with van der Waals surface area (Å²) in [7, 11) is 0. The second kappa shape index (κ2) is 4.00. The second-order valence-electron chi connectivity index (χ2n) is 5.92. The van der Waals surface area contributed by atoms with Crippen molar-refractivity contribution in [1.82, 2.24) is 0 Å². The summed E-state index contributed by atoms with van der Waals surface area (Å²) in [6.07, 6.45) is 5.49. The molecule has 0 saturated heterocycles. The average Bonchev–Trinajstić information content (AvgIpc) is 2.01. The van der Waals surface area contributed by atoms with E-state index in [9.17, 15) is 0 Å². The molecule has 0 aliphatic heterocycles. The number of nitrogens with two attached hydrogens (primary N) is 1. The van der Waals surface area contributed by atoms with Crippen LogP contribution in [0.5, 0.6) is 0 Å². The third kappa shape index (κ3) is 2.98. The van der Waals surface area contributed by atoms with Crippen molar-refractivity contribution >= 4 is 0 Å². The molecule has 0 aromatic heterocycles. The second-order valence-corrected chi connectivity index (χ2v) is 5.92. The van der Waals surface area contributed by atoms with E-state index in [2.05, 4.69) is 27.7 Å². The Morgan fingerprint density at radius 1 is 1.23 bits per heavy atom. The van der Waals surface area contributed by atoms with E-state index in [1.54, 1.807) is 0 Å². The molecule has 1 fully saturated rings. The van der Waals surface area contributed by atoms with Gasteiger partial charge >= 0.3 is 0 Å². The summed E-state index contributed by atoms with van der Waals surface area (Å²) in [5.41, 5.74) is 6.57. The van der Waals surface area contributed by atoms with Gasteiger partial charge in [-0.15, -0.1) is 0 Å². The zero-order chi connectivity index (χ0) is 10.1. The van der Waals surface area contributed by atoms with Crippen LogP contribution in [0, 0.1) is 17.3 Å². The molecular weight excluding hydrogens is 158 g/mol. The first-order valence-electron chi connectivity index (χ1n) is 5.67. The van der Waals surface area contributed by atoms with Crippen molar-refractivity contribution in [1.29, 1.82) is 0 Å². The van der Waals surface area contributed by atoms with Crippen molar-refractivity contribution in [3.63, 3.8) is 0 Å². The van der Waals surface area contributed by atoms with Crippen molar-refractivity contribution in [2.45, 2.75) is 59.4 Å². The molecule has 1 saturated carbocycles. The van der Waals surface area contributed by atoms with Crippen molar-refractivity contribution < 1.29 is 0 Å². The zero-order valence-electron chi connectivity index (χ0n) is 9.64. The number of hydrogen-bond donors (Lipinski definition) is 1. The molecule has 0 aromatic rings. The van der Waals surface area contributed by atoms with E-state index in [-0.39, 0.29) is 5.41 Å². The van der Waals surface area contributed by atoms with Gasteiger partial charge in [0.05, 0.1) is 0 Å². The summed E-state index contributed by atoms with van der Waals surface area (Å²) in [5.74, 6) is 1.66. The molecule has 1 aliphatic carbocycles. The fraction of sp³-hybridized carbons (Fsp3) is 1.00. The Morgan fingerprint density at radius 3 is 2.31 bits per heavy atom. The van der Waals surface area contributed by atoms with E-state index < -0.39 is 0 Å². The maximum atomic E-state index is 6.29. The lowest BCUT2D eigenvalue weighted by atomic mass is 9.71. The van der Waals surface area contributed by atoms with Crippen LogP contribution >= 0.6 is 0 Å². The molecule has 0 spiro atoms. The first-order chi connectivity index (χ1) is 5.91. The monoisotopic (exact) mass is 183 g/mol. The van der Waals surface area contributed by atoms with Crippen LogP contribution in [0.1, 0.15) is 53.4 Å². The molecule has 78 valence electrons. The summed E-state index contributed by atoms with van der Waals surface area (Å²) >= 11 is 0. The van der Waals surface area contributed by atoms with Crippen LogP contribution in [-0.4, -0.2) is 6.04 Å². The normalized spacial score (nSPS) is 33.0. The van der Waals surface area contributed by atoms with E-state index in [0.29, 0.717) is 6.04 Å². The van der Waals surface area contributed by atoms with Crippen molar-refractivity contribution in [3.05, 3.63) is 0 Å². The van der Waals surface area contributed by atoms with Gasteiger partial charge < -0.3 is 5.73 Å². The van der Waals surface area contributed by atoms with Crippen LogP contribution in [-0.2, 0) is 0 Å². The average molecular weight is 183 g/mol. The Kier molecular flexibility index (Phi) is 3.39. The van der Waals surface area contributed by atoms with Gasteiger partial charge in [-0.05, 0) is 30.1 Å². The van der Waals surface area contributed by atoms with Crippen LogP contribution < -0.4 is 5.73 Å². The van der Waals surface area contributed by atoms with E-state index in [0.717, 1.165) is 11.8 Å². The Balaban J connectivity index is 2.51. The van der Waals surface area contributed by atoms with Gasteiger partial charge in [-0.25, -0.2) is 0 Å². The quantitative estimate of drug-likeness (QED) is 0.664. The molecule has 0 amide bonds. The summed E-state index contributed by atoms with van der Waals surface area (Å²) < 4.78 is 0. The highest BCUT2D eigenvalue weighted by atomic mass is 14.7. The SMILES string of the molecule is CC1CCCC(C(N)C(C)(C)C)C1. The van der Waals surface area contributed by atoms with Gasteiger partial charge in [0.2, 0.25) is 0 Å². The fourth-order valence-corrected chi connectivity index (χ4v) is 2.51. The Morgan fingerprint density at radius 2 is 1.85 bits per heavy atom. The smallest absolute Gasteiger partial charge is 0.0116 e. The maximum absolute atomic E-state index is 6.29. The molecule has 2 N–H and O–H groups in total.